The Balaban J connectivity index is 2.82. The first kappa shape index (κ1) is 16.5. The summed E-state index contributed by atoms with van der Waals surface area (Å²) in [7, 11) is -3.57. The van der Waals surface area contributed by atoms with E-state index in [0.29, 0.717) is 22.5 Å². The Morgan fingerprint density at radius 2 is 1.95 bits per heavy atom. The SMILES string of the molecule is CC(C)S(=O)(=O)n1c(NC(C)(C)C)nc2ccc(C=N)cc21. The average Bonchev–Trinajstić information content (AvgIpc) is 2.73. The minimum absolute atomic E-state index is 0.304. The van der Waals surface area contributed by atoms with E-state index in [0.717, 1.165) is 0 Å². The summed E-state index contributed by atoms with van der Waals surface area (Å²) in [4.78, 5) is 4.42. The third kappa shape index (κ3) is 2.99. The summed E-state index contributed by atoms with van der Waals surface area (Å²) in [6, 6.07) is 5.15. The summed E-state index contributed by atoms with van der Waals surface area (Å²) in [5.41, 5.74) is 1.38. The molecule has 1 aromatic carbocycles. The molecule has 2 rings (SSSR count). The Hall–Kier alpha value is -1.89. The molecule has 0 spiro atoms. The summed E-state index contributed by atoms with van der Waals surface area (Å²) < 4.78 is 26.7. The molecule has 0 saturated carbocycles. The maximum Gasteiger partial charge on any atom is 0.244 e. The fourth-order valence-electron chi connectivity index (χ4n) is 2.04. The van der Waals surface area contributed by atoms with Gasteiger partial charge in [0, 0.05) is 11.8 Å². The van der Waals surface area contributed by atoms with Crippen LogP contribution < -0.4 is 5.32 Å². The maximum atomic E-state index is 12.7. The van der Waals surface area contributed by atoms with Crippen LogP contribution >= 0.6 is 0 Å². The summed E-state index contributed by atoms with van der Waals surface area (Å²) >= 11 is 0. The van der Waals surface area contributed by atoms with E-state index in [2.05, 4.69) is 10.3 Å². The number of aromatic nitrogens is 2. The van der Waals surface area contributed by atoms with E-state index < -0.39 is 15.3 Å². The predicted octanol–water partition coefficient (Wildman–Crippen LogP) is 2.83. The first-order valence-corrected chi connectivity index (χ1v) is 8.62. The third-order valence-electron chi connectivity index (χ3n) is 3.14. The lowest BCUT2D eigenvalue weighted by Gasteiger charge is -2.22. The molecular formula is C15H22N4O2S. The second-order valence-corrected chi connectivity index (χ2v) is 8.90. The topological polar surface area (TPSA) is 87.8 Å². The highest BCUT2D eigenvalue weighted by Gasteiger charge is 2.27. The number of hydrogen-bond donors (Lipinski definition) is 2. The normalized spacial score (nSPS) is 12.8. The third-order valence-corrected chi connectivity index (χ3v) is 5.21. The minimum Gasteiger partial charge on any atom is -0.350 e. The zero-order valence-corrected chi connectivity index (χ0v) is 14.3. The van der Waals surface area contributed by atoms with E-state index in [9.17, 15) is 8.42 Å². The van der Waals surface area contributed by atoms with Gasteiger partial charge >= 0.3 is 0 Å². The summed E-state index contributed by atoms with van der Waals surface area (Å²) in [5.74, 6) is 0.304. The minimum atomic E-state index is -3.57. The van der Waals surface area contributed by atoms with Crippen LogP contribution in [-0.2, 0) is 10.0 Å². The molecule has 0 aliphatic heterocycles. The fraction of sp³-hybridized carbons (Fsp3) is 0.467. The van der Waals surface area contributed by atoms with Crippen LogP contribution in [0.15, 0.2) is 18.2 Å². The lowest BCUT2D eigenvalue weighted by molar-refractivity contribution is 0.577. The number of nitrogens with one attached hydrogen (secondary N) is 2. The summed E-state index contributed by atoms with van der Waals surface area (Å²) in [6.07, 6.45) is 1.19. The standard InChI is InChI=1S/C15H22N4O2S/c1-10(2)22(20,21)19-13-8-11(9-16)6-7-12(13)17-14(19)18-15(3,4)5/h6-10,16H,1-5H3,(H,17,18). The van der Waals surface area contributed by atoms with Crippen LogP contribution in [0.2, 0.25) is 0 Å². The van der Waals surface area contributed by atoms with Gasteiger partial charge in [0.1, 0.15) is 0 Å². The first-order chi connectivity index (χ1) is 10.1. The van der Waals surface area contributed by atoms with E-state index in [-0.39, 0.29) is 5.54 Å². The van der Waals surface area contributed by atoms with Gasteiger partial charge in [-0.05, 0) is 52.3 Å². The lowest BCUT2D eigenvalue weighted by Crippen LogP contribution is -2.31. The van der Waals surface area contributed by atoms with Gasteiger partial charge in [-0.3, -0.25) is 0 Å². The summed E-state index contributed by atoms with van der Waals surface area (Å²) in [5, 5.41) is 9.94. The number of hydrogen-bond acceptors (Lipinski definition) is 5. The van der Waals surface area contributed by atoms with Gasteiger partial charge in [-0.15, -0.1) is 0 Å². The molecule has 22 heavy (non-hydrogen) atoms. The summed E-state index contributed by atoms with van der Waals surface area (Å²) in [6.45, 7) is 9.12. The molecule has 0 bridgehead atoms. The van der Waals surface area contributed by atoms with Crippen LogP contribution in [0.25, 0.3) is 11.0 Å². The van der Waals surface area contributed by atoms with Crippen molar-refractivity contribution in [3.8, 4) is 0 Å². The predicted molar refractivity (Wildman–Crippen MR) is 90.4 cm³/mol. The van der Waals surface area contributed by atoms with Crippen LogP contribution in [0.5, 0.6) is 0 Å². The molecule has 0 atom stereocenters. The average molecular weight is 322 g/mol. The zero-order valence-electron chi connectivity index (χ0n) is 13.5. The van der Waals surface area contributed by atoms with Crippen molar-refractivity contribution in [2.24, 2.45) is 0 Å². The highest BCUT2D eigenvalue weighted by atomic mass is 32.2. The smallest absolute Gasteiger partial charge is 0.244 e. The molecule has 7 heteroatoms. The highest BCUT2D eigenvalue weighted by Crippen LogP contribution is 2.26. The van der Waals surface area contributed by atoms with Gasteiger partial charge < -0.3 is 10.7 Å². The van der Waals surface area contributed by atoms with Crippen LogP contribution in [0, 0.1) is 5.41 Å². The van der Waals surface area contributed by atoms with Crippen molar-refractivity contribution in [2.75, 3.05) is 5.32 Å². The number of anilines is 1. The van der Waals surface area contributed by atoms with Gasteiger partial charge in [-0.25, -0.2) is 17.4 Å². The van der Waals surface area contributed by atoms with Crippen LogP contribution in [-0.4, -0.2) is 34.4 Å². The second-order valence-electron chi connectivity index (χ2n) is 6.56. The van der Waals surface area contributed by atoms with Gasteiger partial charge in [-0.2, -0.15) is 0 Å². The van der Waals surface area contributed by atoms with Crippen molar-refractivity contribution >= 4 is 33.2 Å². The maximum absolute atomic E-state index is 12.7. The molecule has 2 N–H and O–H groups in total. The molecule has 0 aliphatic carbocycles. The van der Waals surface area contributed by atoms with Crippen molar-refractivity contribution in [3.05, 3.63) is 23.8 Å². The lowest BCUT2D eigenvalue weighted by atomic mass is 10.1. The van der Waals surface area contributed by atoms with Crippen molar-refractivity contribution in [3.63, 3.8) is 0 Å². The monoisotopic (exact) mass is 322 g/mol. The first-order valence-electron chi connectivity index (χ1n) is 7.12. The molecule has 0 fully saturated rings. The van der Waals surface area contributed by atoms with Gasteiger partial charge in [0.05, 0.1) is 16.3 Å². The Labute approximate surface area is 131 Å². The number of benzene rings is 1. The Bertz CT molecular complexity index is 814. The molecule has 0 saturated heterocycles. The van der Waals surface area contributed by atoms with Gasteiger partial charge in [0.15, 0.2) is 0 Å². The molecule has 1 aromatic heterocycles. The number of imidazole rings is 1. The van der Waals surface area contributed by atoms with Crippen LogP contribution in [0.3, 0.4) is 0 Å². The van der Waals surface area contributed by atoms with E-state index in [1.165, 1.54) is 10.2 Å². The Kier molecular flexibility index (Phi) is 4.04. The molecule has 0 unspecified atom stereocenters. The number of fused-ring (bicyclic) bond motifs is 1. The number of nitrogens with zero attached hydrogens (tertiary/aromatic N) is 2. The van der Waals surface area contributed by atoms with Crippen molar-refractivity contribution in [1.29, 1.82) is 5.41 Å². The van der Waals surface area contributed by atoms with Gasteiger partial charge in [0.2, 0.25) is 16.0 Å². The largest absolute Gasteiger partial charge is 0.350 e. The molecule has 0 aliphatic rings. The molecule has 0 amide bonds. The Morgan fingerprint density at radius 3 is 2.45 bits per heavy atom. The van der Waals surface area contributed by atoms with Gasteiger partial charge in [0.25, 0.3) is 0 Å². The highest BCUT2D eigenvalue weighted by molar-refractivity contribution is 7.90. The second kappa shape index (κ2) is 5.39. The molecule has 2 aromatic rings. The van der Waals surface area contributed by atoms with Crippen LogP contribution in [0.1, 0.15) is 40.2 Å². The van der Waals surface area contributed by atoms with Crippen molar-refractivity contribution < 1.29 is 8.42 Å². The fourth-order valence-corrected chi connectivity index (χ4v) is 3.21. The number of rotatable bonds is 4. The van der Waals surface area contributed by atoms with Crippen LogP contribution in [0.4, 0.5) is 5.95 Å². The van der Waals surface area contributed by atoms with Crippen molar-refractivity contribution in [2.45, 2.75) is 45.4 Å². The molecule has 120 valence electrons. The molecular weight excluding hydrogens is 300 g/mol. The molecule has 6 nitrogen and oxygen atoms in total. The van der Waals surface area contributed by atoms with E-state index in [1.807, 2.05) is 20.8 Å². The molecule has 0 radical (unpaired) electrons. The van der Waals surface area contributed by atoms with Crippen molar-refractivity contribution in [1.82, 2.24) is 8.96 Å². The zero-order chi connectivity index (χ0) is 16.7. The van der Waals surface area contributed by atoms with E-state index in [1.54, 1.807) is 32.0 Å². The quantitative estimate of drug-likeness (QED) is 0.847. The van der Waals surface area contributed by atoms with E-state index in [4.69, 9.17) is 5.41 Å². The van der Waals surface area contributed by atoms with Gasteiger partial charge in [-0.1, -0.05) is 6.07 Å². The van der Waals surface area contributed by atoms with E-state index >= 15 is 0 Å². The Morgan fingerprint density at radius 1 is 1.32 bits per heavy atom. The molecule has 1 heterocycles.